The fourth-order valence-corrected chi connectivity index (χ4v) is 2.34. The molecule has 0 amide bonds. The molecule has 3 rings (SSSR count). The van der Waals surface area contributed by atoms with Crippen LogP contribution in [0.5, 0.6) is 11.5 Å². The highest BCUT2D eigenvalue weighted by molar-refractivity contribution is 9.10. The van der Waals surface area contributed by atoms with E-state index >= 15 is 0 Å². The van der Waals surface area contributed by atoms with Crippen molar-refractivity contribution in [2.24, 2.45) is 0 Å². The van der Waals surface area contributed by atoms with Gasteiger partial charge in [-0.15, -0.1) is 0 Å². The number of fused-ring (bicyclic) bond motifs is 1. The van der Waals surface area contributed by atoms with Crippen LogP contribution < -0.4 is 4.74 Å². The summed E-state index contributed by atoms with van der Waals surface area (Å²) < 4.78 is 6.75. The molecule has 0 aliphatic carbocycles. The van der Waals surface area contributed by atoms with Crippen molar-refractivity contribution < 1.29 is 9.84 Å². The van der Waals surface area contributed by atoms with Gasteiger partial charge < -0.3 is 14.8 Å². The molecule has 0 atom stereocenters. The lowest BCUT2D eigenvalue weighted by molar-refractivity contribution is 0.307. The molecule has 0 unspecified atom stereocenters. The maximum Gasteiger partial charge on any atom is 0.120 e. The Labute approximate surface area is 119 Å². The molecule has 96 valence electrons. The highest BCUT2D eigenvalue weighted by atomic mass is 79.9. The van der Waals surface area contributed by atoms with Crippen LogP contribution in [-0.2, 0) is 6.61 Å². The molecule has 0 saturated heterocycles. The second-order valence-electron chi connectivity index (χ2n) is 4.29. The Bertz CT molecular complexity index is 704. The van der Waals surface area contributed by atoms with Gasteiger partial charge in [-0.3, -0.25) is 0 Å². The largest absolute Gasteiger partial charge is 0.508 e. The fourth-order valence-electron chi connectivity index (χ4n) is 1.98. The van der Waals surface area contributed by atoms with Gasteiger partial charge in [0.05, 0.1) is 0 Å². The Balaban J connectivity index is 1.80. The highest BCUT2D eigenvalue weighted by Crippen LogP contribution is 2.24. The van der Waals surface area contributed by atoms with E-state index in [1.54, 1.807) is 24.3 Å². The van der Waals surface area contributed by atoms with Gasteiger partial charge in [-0.05, 0) is 36.4 Å². The number of aromatic hydroxyl groups is 1. The zero-order chi connectivity index (χ0) is 13.2. The van der Waals surface area contributed by atoms with Crippen molar-refractivity contribution in [1.82, 2.24) is 4.98 Å². The molecule has 0 bridgehead atoms. The predicted molar refractivity (Wildman–Crippen MR) is 78.4 cm³/mol. The first kappa shape index (κ1) is 12.1. The van der Waals surface area contributed by atoms with E-state index in [-0.39, 0.29) is 5.75 Å². The van der Waals surface area contributed by atoms with Crippen LogP contribution in [0.4, 0.5) is 0 Å². The Morgan fingerprint density at radius 1 is 1.11 bits per heavy atom. The van der Waals surface area contributed by atoms with Crippen molar-refractivity contribution >= 4 is 26.8 Å². The monoisotopic (exact) mass is 317 g/mol. The van der Waals surface area contributed by atoms with E-state index in [0.717, 1.165) is 26.7 Å². The summed E-state index contributed by atoms with van der Waals surface area (Å²) in [5.41, 5.74) is 2.19. The van der Waals surface area contributed by atoms with E-state index in [4.69, 9.17) is 4.74 Å². The fraction of sp³-hybridized carbons (Fsp3) is 0.0667. The third-order valence-electron chi connectivity index (χ3n) is 2.96. The van der Waals surface area contributed by atoms with Crippen molar-refractivity contribution in [1.29, 1.82) is 0 Å². The van der Waals surface area contributed by atoms with Gasteiger partial charge >= 0.3 is 0 Å². The minimum absolute atomic E-state index is 0.240. The summed E-state index contributed by atoms with van der Waals surface area (Å²) in [4.78, 5) is 3.22. The zero-order valence-corrected chi connectivity index (χ0v) is 11.6. The number of hydrogen-bond acceptors (Lipinski definition) is 2. The van der Waals surface area contributed by atoms with E-state index in [1.165, 1.54) is 0 Å². The summed E-state index contributed by atoms with van der Waals surface area (Å²) in [6.45, 7) is 0.492. The van der Waals surface area contributed by atoms with Gasteiger partial charge in [0.1, 0.15) is 18.1 Å². The molecular weight excluding hydrogens is 306 g/mol. The second-order valence-corrected chi connectivity index (χ2v) is 5.20. The molecule has 1 aromatic heterocycles. The van der Waals surface area contributed by atoms with Crippen LogP contribution in [-0.4, -0.2) is 10.1 Å². The molecule has 2 aromatic carbocycles. The van der Waals surface area contributed by atoms with Crippen LogP contribution in [0, 0.1) is 0 Å². The maximum absolute atomic E-state index is 9.21. The smallest absolute Gasteiger partial charge is 0.120 e. The average Bonchev–Trinajstić information content (AvgIpc) is 2.80. The van der Waals surface area contributed by atoms with Gasteiger partial charge in [0.2, 0.25) is 0 Å². The van der Waals surface area contributed by atoms with Crippen molar-refractivity contribution in [3.05, 3.63) is 58.7 Å². The number of rotatable bonds is 3. The Morgan fingerprint density at radius 2 is 1.89 bits per heavy atom. The van der Waals surface area contributed by atoms with Gasteiger partial charge in [-0.1, -0.05) is 22.0 Å². The van der Waals surface area contributed by atoms with Crippen molar-refractivity contribution in [2.75, 3.05) is 0 Å². The van der Waals surface area contributed by atoms with Gasteiger partial charge in [0.15, 0.2) is 0 Å². The summed E-state index contributed by atoms with van der Waals surface area (Å²) >= 11 is 3.45. The molecule has 0 aliphatic heterocycles. The third kappa shape index (κ3) is 2.58. The number of nitrogens with one attached hydrogen (secondary N) is 1. The van der Waals surface area contributed by atoms with Gasteiger partial charge in [-0.2, -0.15) is 0 Å². The molecule has 0 spiro atoms. The standard InChI is InChI=1S/C15H12BrNO2/c16-11-1-6-14-10(8-17-15(14)7-11)9-19-13-4-2-12(18)3-5-13/h1-8,17-18H,9H2. The van der Waals surface area contributed by atoms with Gasteiger partial charge in [0, 0.05) is 27.1 Å². The lowest BCUT2D eigenvalue weighted by Gasteiger charge is -2.05. The predicted octanol–water partition coefficient (Wildman–Crippen LogP) is 4.22. The number of phenolic OH excluding ortho intramolecular Hbond substituents is 1. The quantitative estimate of drug-likeness (QED) is 0.759. The molecule has 1 heterocycles. The lowest BCUT2D eigenvalue weighted by Crippen LogP contribution is -1.93. The van der Waals surface area contributed by atoms with Crippen molar-refractivity contribution in [2.45, 2.75) is 6.61 Å². The summed E-state index contributed by atoms with van der Waals surface area (Å²) in [5, 5.41) is 10.4. The van der Waals surface area contributed by atoms with Gasteiger partial charge in [0.25, 0.3) is 0 Å². The molecule has 0 fully saturated rings. The molecule has 19 heavy (non-hydrogen) atoms. The normalized spacial score (nSPS) is 10.8. The van der Waals surface area contributed by atoms with Crippen LogP contribution in [0.15, 0.2) is 53.1 Å². The summed E-state index contributed by atoms with van der Waals surface area (Å²) in [6, 6.07) is 12.8. The van der Waals surface area contributed by atoms with Crippen molar-refractivity contribution in [3.63, 3.8) is 0 Å². The van der Waals surface area contributed by atoms with Crippen LogP contribution in [0.25, 0.3) is 10.9 Å². The zero-order valence-electron chi connectivity index (χ0n) is 10.1. The number of phenols is 1. The topological polar surface area (TPSA) is 45.2 Å². The molecule has 4 heteroatoms. The summed E-state index contributed by atoms with van der Waals surface area (Å²) in [7, 11) is 0. The second kappa shape index (κ2) is 4.97. The average molecular weight is 318 g/mol. The van der Waals surface area contributed by atoms with Crippen molar-refractivity contribution in [3.8, 4) is 11.5 Å². The van der Waals surface area contributed by atoms with E-state index in [2.05, 4.69) is 27.0 Å². The first-order chi connectivity index (χ1) is 9.22. The number of aromatic amines is 1. The first-order valence-corrected chi connectivity index (χ1v) is 6.69. The third-order valence-corrected chi connectivity index (χ3v) is 3.45. The minimum atomic E-state index is 0.240. The SMILES string of the molecule is Oc1ccc(OCc2c[nH]c3cc(Br)ccc23)cc1. The van der Waals surface area contributed by atoms with E-state index in [1.807, 2.05) is 18.3 Å². The van der Waals surface area contributed by atoms with Crippen LogP contribution in [0.3, 0.4) is 0 Å². The molecule has 0 radical (unpaired) electrons. The Morgan fingerprint density at radius 3 is 2.68 bits per heavy atom. The molecular formula is C15H12BrNO2. The highest BCUT2D eigenvalue weighted by Gasteiger charge is 2.04. The summed E-state index contributed by atoms with van der Waals surface area (Å²) in [6.07, 6.45) is 1.96. The number of aromatic nitrogens is 1. The maximum atomic E-state index is 9.21. The molecule has 0 aliphatic rings. The molecule has 3 aromatic rings. The number of H-pyrrole nitrogens is 1. The summed E-state index contributed by atoms with van der Waals surface area (Å²) in [5.74, 6) is 0.980. The number of ether oxygens (including phenoxy) is 1. The molecule has 0 saturated carbocycles. The van der Waals surface area contributed by atoms with E-state index in [0.29, 0.717) is 6.61 Å². The number of halogens is 1. The van der Waals surface area contributed by atoms with E-state index in [9.17, 15) is 5.11 Å². The molecule has 2 N–H and O–H groups in total. The number of benzene rings is 2. The van der Waals surface area contributed by atoms with Crippen LogP contribution in [0.2, 0.25) is 0 Å². The Kier molecular flexibility index (Phi) is 3.17. The van der Waals surface area contributed by atoms with E-state index < -0.39 is 0 Å². The Hall–Kier alpha value is -1.94. The first-order valence-electron chi connectivity index (χ1n) is 5.90. The molecule has 3 nitrogen and oxygen atoms in total. The van der Waals surface area contributed by atoms with Crippen LogP contribution in [0.1, 0.15) is 5.56 Å². The number of hydrogen-bond donors (Lipinski definition) is 2. The van der Waals surface area contributed by atoms with Crippen LogP contribution >= 0.6 is 15.9 Å². The van der Waals surface area contributed by atoms with Gasteiger partial charge in [-0.25, -0.2) is 0 Å². The lowest BCUT2D eigenvalue weighted by atomic mass is 10.2. The minimum Gasteiger partial charge on any atom is -0.508 e.